The van der Waals surface area contributed by atoms with Crippen LogP contribution in [0.4, 0.5) is 14.6 Å². The van der Waals surface area contributed by atoms with Crippen molar-refractivity contribution in [1.29, 1.82) is 0 Å². The molecule has 3 aromatic rings. The first-order valence-corrected chi connectivity index (χ1v) is 9.34. The van der Waals surface area contributed by atoms with Crippen LogP contribution in [-0.2, 0) is 13.0 Å². The molecule has 0 spiro atoms. The Morgan fingerprint density at radius 1 is 1.28 bits per heavy atom. The highest BCUT2D eigenvalue weighted by Gasteiger charge is 2.43. The molecular formula is C19H17F2N3O4S. The van der Waals surface area contributed by atoms with Gasteiger partial charge in [0.05, 0.1) is 12.0 Å². The van der Waals surface area contributed by atoms with E-state index >= 15 is 0 Å². The lowest BCUT2D eigenvalue weighted by Gasteiger charge is -2.13. The SMILES string of the molecule is CCn1cc(C(=O)C(F)(F)Cc2cnc(-c3ccc(O)cc3)s2)c(C(=O)O)c1N. The molecule has 0 bridgehead atoms. The summed E-state index contributed by atoms with van der Waals surface area (Å²) in [7, 11) is 0. The van der Waals surface area contributed by atoms with Crippen LogP contribution in [0.2, 0.25) is 0 Å². The number of carboxylic acid groups (broad SMARTS) is 1. The van der Waals surface area contributed by atoms with Crippen LogP contribution in [0.1, 0.15) is 32.5 Å². The van der Waals surface area contributed by atoms with Crippen LogP contribution >= 0.6 is 11.3 Å². The van der Waals surface area contributed by atoms with Gasteiger partial charge in [-0.1, -0.05) is 0 Å². The molecule has 152 valence electrons. The predicted octanol–water partition coefficient (Wildman–Crippen LogP) is 3.68. The molecule has 3 rings (SSSR count). The number of carbonyl (C=O) groups is 2. The van der Waals surface area contributed by atoms with Gasteiger partial charge in [0.25, 0.3) is 0 Å². The van der Waals surface area contributed by atoms with Crippen molar-refractivity contribution in [3.05, 3.63) is 52.7 Å². The standard InChI is InChI=1S/C19H17F2N3O4S/c1-2-24-9-13(14(16(24)22)18(27)28)15(26)19(20,21)7-12-8-23-17(29-12)10-3-5-11(25)6-4-10/h3-6,8-9,25H,2,7,22H2,1H3,(H,27,28). The van der Waals surface area contributed by atoms with Crippen LogP contribution in [0, 0.1) is 0 Å². The number of phenolic OH excluding ortho intramolecular Hbond substituents is 1. The molecule has 0 aliphatic heterocycles. The topological polar surface area (TPSA) is 118 Å². The van der Waals surface area contributed by atoms with Crippen molar-refractivity contribution in [2.45, 2.75) is 25.8 Å². The number of carbonyl (C=O) groups excluding carboxylic acids is 1. The second-order valence-corrected chi connectivity index (χ2v) is 7.40. The van der Waals surface area contributed by atoms with Gasteiger partial charge in [0.15, 0.2) is 0 Å². The van der Waals surface area contributed by atoms with Crippen LogP contribution in [0.3, 0.4) is 0 Å². The molecule has 0 atom stereocenters. The van der Waals surface area contributed by atoms with Gasteiger partial charge in [-0.25, -0.2) is 9.78 Å². The van der Waals surface area contributed by atoms with E-state index in [1.165, 1.54) is 22.9 Å². The third kappa shape index (κ3) is 3.97. The Balaban J connectivity index is 1.87. The minimum atomic E-state index is -3.84. The first kappa shape index (κ1) is 20.5. The average Bonchev–Trinajstić information content (AvgIpc) is 3.25. The number of nitrogen functional groups attached to an aromatic ring is 1. The van der Waals surface area contributed by atoms with E-state index in [9.17, 15) is 28.6 Å². The van der Waals surface area contributed by atoms with Gasteiger partial charge in [0.2, 0.25) is 5.78 Å². The van der Waals surface area contributed by atoms with E-state index in [0.717, 1.165) is 17.5 Å². The normalized spacial score (nSPS) is 11.6. The highest BCUT2D eigenvalue weighted by molar-refractivity contribution is 7.15. The fourth-order valence-electron chi connectivity index (χ4n) is 2.85. The Morgan fingerprint density at radius 3 is 2.52 bits per heavy atom. The molecule has 10 heteroatoms. The van der Waals surface area contributed by atoms with Crippen LogP contribution < -0.4 is 5.73 Å². The van der Waals surface area contributed by atoms with Crippen molar-refractivity contribution in [3.63, 3.8) is 0 Å². The lowest BCUT2D eigenvalue weighted by molar-refractivity contribution is 0.0109. The van der Waals surface area contributed by atoms with E-state index in [1.807, 2.05) is 0 Å². The maximum absolute atomic E-state index is 14.7. The number of hydrogen-bond donors (Lipinski definition) is 3. The number of aromatic carboxylic acids is 1. The van der Waals surface area contributed by atoms with Crippen LogP contribution in [0.5, 0.6) is 5.75 Å². The van der Waals surface area contributed by atoms with Crippen LogP contribution in [0.15, 0.2) is 36.7 Å². The molecule has 0 unspecified atom stereocenters. The number of nitrogens with zero attached hydrogens (tertiary/aromatic N) is 2. The number of halogens is 2. The molecule has 7 nitrogen and oxygen atoms in total. The number of hydrogen-bond acceptors (Lipinski definition) is 6. The summed E-state index contributed by atoms with van der Waals surface area (Å²) in [5, 5.41) is 19.1. The molecule has 0 saturated carbocycles. The number of phenols is 1. The zero-order valence-electron chi connectivity index (χ0n) is 15.2. The van der Waals surface area contributed by atoms with E-state index in [2.05, 4.69) is 4.98 Å². The number of carboxylic acids is 1. The molecule has 2 heterocycles. The van der Waals surface area contributed by atoms with Gasteiger partial charge in [-0.15, -0.1) is 11.3 Å². The quantitative estimate of drug-likeness (QED) is 0.501. The number of alkyl halides is 2. The molecule has 0 aliphatic carbocycles. The number of aromatic nitrogens is 2. The zero-order chi connectivity index (χ0) is 21.3. The van der Waals surface area contributed by atoms with E-state index in [4.69, 9.17) is 5.73 Å². The smallest absolute Gasteiger partial charge is 0.340 e. The summed E-state index contributed by atoms with van der Waals surface area (Å²) < 4.78 is 30.6. The summed E-state index contributed by atoms with van der Waals surface area (Å²) >= 11 is 0.983. The average molecular weight is 421 g/mol. The number of benzene rings is 1. The minimum absolute atomic E-state index is 0.0650. The molecule has 0 fully saturated rings. The fourth-order valence-corrected chi connectivity index (χ4v) is 3.82. The number of thiazole rings is 1. The lowest BCUT2D eigenvalue weighted by Crippen LogP contribution is -2.31. The van der Waals surface area contributed by atoms with Crippen molar-refractivity contribution in [1.82, 2.24) is 9.55 Å². The monoisotopic (exact) mass is 421 g/mol. The van der Waals surface area contributed by atoms with Gasteiger partial charge >= 0.3 is 11.9 Å². The molecule has 0 radical (unpaired) electrons. The zero-order valence-corrected chi connectivity index (χ0v) is 16.0. The first-order valence-electron chi connectivity index (χ1n) is 8.52. The Hall–Kier alpha value is -3.27. The van der Waals surface area contributed by atoms with Crippen molar-refractivity contribution in [2.24, 2.45) is 0 Å². The number of rotatable bonds is 7. The molecule has 1 aromatic carbocycles. The number of Topliss-reactive ketones (excluding diaryl/α,β-unsaturated/α-hetero) is 1. The first-order chi connectivity index (χ1) is 13.6. The summed E-state index contributed by atoms with van der Waals surface area (Å²) in [5.41, 5.74) is 5.08. The number of nitrogens with two attached hydrogens (primary N) is 1. The van der Waals surface area contributed by atoms with Crippen molar-refractivity contribution in [3.8, 4) is 16.3 Å². The summed E-state index contributed by atoms with van der Waals surface area (Å²) in [4.78, 5) is 28.1. The van der Waals surface area contributed by atoms with Gasteiger partial charge in [0, 0.05) is 29.4 Å². The Kier molecular flexibility index (Phi) is 5.38. The van der Waals surface area contributed by atoms with Crippen LogP contribution in [-0.4, -0.2) is 37.4 Å². The summed E-state index contributed by atoms with van der Waals surface area (Å²) in [6, 6.07) is 6.09. The lowest BCUT2D eigenvalue weighted by atomic mass is 10.0. The van der Waals surface area contributed by atoms with Gasteiger partial charge in [0.1, 0.15) is 22.1 Å². The van der Waals surface area contributed by atoms with Crippen molar-refractivity contribution < 1.29 is 28.6 Å². The Labute approximate surface area is 168 Å². The van der Waals surface area contributed by atoms with Gasteiger partial charge in [-0.05, 0) is 31.2 Å². The predicted molar refractivity (Wildman–Crippen MR) is 104 cm³/mol. The van der Waals surface area contributed by atoms with E-state index in [1.54, 1.807) is 19.1 Å². The highest BCUT2D eigenvalue weighted by Crippen LogP contribution is 2.33. The number of aryl methyl sites for hydroxylation is 1. The summed E-state index contributed by atoms with van der Waals surface area (Å²) in [6.45, 7) is 1.88. The third-order valence-corrected chi connectivity index (χ3v) is 5.36. The Bertz CT molecular complexity index is 1070. The van der Waals surface area contributed by atoms with E-state index in [0.29, 0.717) is 10.6 Å². The largest absolute Gasteiger partial charge is 0.508 e. The van der Waals surface area contributed by atoms with Crippen LogP contribution in [0.25, 0.3) is 10.6 Å². The third-order valence-electron chi connectivity index (χ3n) is 4.32. The molecule has 0 saturated heterocycles. The van der Waals surface area contributed by atoms with Gasteiger partial charge in [-0.2, -0.15) is 8.78 Å². The summed E-state index contributed by atoms with van der Waals surface area (Å²) in [6.07, 6.45) is 1.37. The fraction of sp³-hybridized carbons (Fsp3) is 0.211. The van der Waals surface area contributed by atoms with Gasteiger partial charge < -0.3 is 20.5 Å². The Morgan fingerprint density at radius 2 is 1.93 bits per heavy atom. The summed E-state index contributed by atoms with van der Waals surface area (Å²) in [5.74, 6) is -7.16. The van der Waals surface area contributed by atoms with Gasteiger partial charge in [-0.3, -0.25) is 4.79 Å². The number of aromatic hydroxyl groups is 1. The molecule has 0 aliphatic rings. The number of ketones is 1. The maximum atomic E-state index is 14.7. The second-order valence-electron chi connectivity index (χ2n) is 6.28. The maximum Gasteiger partial charge on any atom is 0.340 e. The molecule has 0 amide bonds. The van der Waals surface area contributed by atoms with Crippen molar-refractivity contribution in [2.75, 3.05) is 5.73 Å². The molecule has 4 N–H and O–H groups in total. The number of anilines is 1. The minimum Gasteiger partial charge on any atom is -0.508 e. The second kappa shape index (κ2) is 7.63. The molecule has 29 heavy (non-hydrogen) atoms. The van der Waals surface area contributed by atoms with E-state index in [-0.39, 0.29) is 23.0 Å². The molecular weight excluding hydrogens is 404 g/mol. The van der Waals surface area contributed by atoms with E-state index < -0.39 is 35.2 Å². The highest BCUT2D eigenvalue weighted by atomic mass is 32.1. The van der Waals surface area contributed by atoms with Crippen molar-refractivity contribution >= 4 is 28.9 Å². The molecule has 2 aromatic heterocycles.